The molecule has 0 unspecified atom stereocenters. The Hall–Kier alpha value is -0.830. The van der Waals surface area contributed by atoms with Crippen molar-refractivity contribution in [2.75, 3.05) is 16.8 Å². The Kier molecular flexibility index (Phi) is 2.87. The zero-order valence-electron chi connectivity index (χ0n) is 7.87. The molecule has 0 saturated carbocycles. The predicted octanol–water partition coefficient (Wildman–Crippen LogP) is 2.36. The third kappa shape index (κ3) is 1.69. The molecule has 0 aliphatic carbocycles. The molecule has 0 N–H and O–H groups in total. The number of hydrogen-bond acceptors (Lipinski definition) is 1. The summed E-state index contributed by atoms with van der Waals surface area (Å²) in [5, 5.41) is 0.404. The van der Waals surface area contributed by atoms with Crippen molar-refractivity contribution in [1.29, 1.82) is 0 Å². The molecular weight excluding hydrogens is 242 g/mol. The van der Waals surface area contributed by atoms with E-state index in [1.54, 1.807) is 0 Å². The molecule has 1 aliphatic rings. The molecule has 14 heavy (non-hydrogen) atoms. The van der Waals surface area contributed by atoms with Gasteiger partial charge in [-0.2, -0.15) is 0 Å². The predicted molar refractivity (Wildman–Crippen MR) is 60.9 cm³/mol. The van der Waals surface area contributed by atoms with Crippen molar-refractivity contribution in [3.05, 3.63) is 29.8 Å². The van der Waals surface area contributed by atoms with Crippen LogP contribution in [0, 0.1) is 0 Å². The van der Waals surface area contributed by atoms with Gasteiger partial charge < -0.3 is 4.90 Å². The third-order valence-corrected chi connectivity index (χ3v) is 3.01. The van der Waals surface area contributed by atoms with Gasteiger partial charge in [-0.3, -0.25) is 4.79 Å². The lowest BCUT2D eigenvalue weighted by Crippen LogP contribution is -2.36. The summed E-state index contributed by atoms with van der Waals surface area (Å²) in [5.41, 5.74) is 2.37. The van der Waals surface area contributed by atoms with Crippen LogP contribution < -0.4 is 4.90 Å². The maximum atomic E-state index is 11.6. The molecule has 3 heteroatoms. The second-order valence-electron chi connectivity index (χ2n) is 3.41. The Balaban J connectivity index is 2.35. The molecule has 1 amide bonds. The van der Waals surface area contributed by atoms with E-state index >= 15 is 0 Å². The first kappa shape index (κ1) is 9.71. The molecule has 1 aliphatic heterocycles. The number of carbonyl (C=O) groups is 1. The minimum Gasteiger partial charge on any atom is -0.311 e. The highest BCUT2D eigenvalue weighted by atomic mass is 79.9. The summed E-state index contributed by atoms with van der Waals surface area (Å²) < 4.78 is 0. The van der Waals surface area contributed by atoms with Gasteiger partial charge in [0.05, 0.1) is 5.33 Å². The van der Waals surface area contributed by atoms with Crippen LogP contribution in [0.25, 0.3) is 0 Å². The van der Waals surface area contributed by atoms with E-state index in [0.717, 1.165) is 25.1 Å². The fourth-order valence-corrected chi connectivity index (χ4v) is 2.17. The summed E-state index contributed by atoms with van der Waals surface area (Å²) in [6, 6.07) is 8.14. The molecule has 0 aromatic heterocycles. The van der Waals surface area contributed by atoms with E-state index in [9.17, 15) is 4.79 Å². The summed E-state index contributed by atoms with van der Waals surface area (Å²) in [6.07, 6.45) is 2.15. The lowest BCUT2D eigenvalue weighted by atomic mass is 10.0. The first-order chi connectivity index (χ1) is 6.83. The lowest BCUT2D eigenvalue weighted by Gasteiger charge is -2.28. The minimum absolute atomic E-state index is 0.150. The van der Waals surface area contributed by atoms with Crippen molar-refractivity contribution in [2.24, 2.45) is 0 Å². The number of benzene rings is 1. The minimum atomic E-state index is 0.150. The highest BCUT2D eigenvalue weighted by Gasteiger charge is 2.20. The number of anilines is 1. The van der Waals surface area contributed by atoms with Gasteiger partial charge in [0, 0.05) is 12.2 Å². The van der Waals surface area contributed by atoms with E-state index in [-0.39, 0.29) is 5.91 Å². The molecule has 2 nitrogen and oxygen atoms in total. The standard InChI is InChI=1S/C11H12BrNO/c12-8-11(14)13-7-3-5-9-4-1-2-6-10(9)13/h1-2,4,6H,3,5,7-8H2. The van der Waals surface area contributed by atoms with Gasteiger partial charge in [-0.15, -0.1) is 0 Å². The summed E-state index contributed by atoms with van der Waals surface area (Å²) >= 11 is 3.21. The number of fused-ring (bicyclic) bond motifs is 1. The Morgan fingerprint density at radius 3 is 3.00 bits per heavy atom. The van der Waals surface area contributed by atoms with Crippen LogP contribution in [0.3, 0.4) is 0 Å². The molecule has 2 rings (SSSR count). The second-order valence-corrected chi connectivity index (χ2v) is 3.97. The van der Waals surface area contributed by atoms with Gasteiger partial charge in [0.1, 0.15) is 0 Å². The fourth-order valence-electron chi connectivity index (χ4n) is 1.86. The number of nitrogens with zero attached hydrogens (tertiary/aromatic N) is 1. The topological polar surface area (TPSA) is 20.3 Å². The van der Waals surface area contributed by atoms with Crippen molar-refractivity contribution in [2.45, 2.75) is 12.8 Å². The van der Waals surface area contributed by atoms with Crippen LogP contribution in [0.4, 0.5) is 5.69 Å². The van der Waals surface area contributed by atoms with Crippen LogP contribution >= 0.6 is 15.9 Å². The third-order valence-electron chi connectivity index (χ3n) is 2.53. The maximum absolute atomic E-state index is 11.6. The van der Waals surface area contributed by atoms with E-state index in [0.29, 0.717) is 5.33 Å². The molecular formula is C11H12BrNO. The number of alkyl halides is 1. The molecule has 1 aromatic carbocycles. The average Bonchev–Trinajstić information content (AvgIpc) is 2.27. The zero-order valence-corrected chi connectivity index (χ0v) is 9.46. The Morgan fingerprint density at radius 1 is 1.43 bits per heavy atom. The van der Waals surface area contributed by atoms with Crippen LogP contribution in [0.1, 0.15) is 12.0 Å². The number of amides is 1. The van der Waals surface area contributed by atoms with E-state index < -0.39 is 0 Å². The van der Waals surface area contributed by atoms with Crippen molar-refractivity contribution >= 4 is 27.5 Å². The SMILES string of the molecule is O=C(CBr)N1CCCc2ccccc21. The van der Waals surface area contributed by atoms with Crippen molar-refractivity contribution in [3.8, 4) is 0 Å². The van der Waals surface area contributed by atoms with Gasteiger partial charge >= 0.3 is 0 Å². The molecule has 1 heterocycles. The fraction of sp³-hybridized carbons (Fsp3) is 0.364. The molecule has 74 valence electrons. The molecule has 0 fully saturated rings. The highest BCUT2D eigenvalue weighted by molar-refractivity contribution is 9.09. The first-order valence-corrected chi connectivity index (χ1v) is 5.89. The monoisotopic (exact) mass is 253 g/mol. The Labute approximate surface area is 92.0 Å². The van der Waals surface area contributed by atoms with Crippen LogP contribution in [0.5, 0.6) is 0 Å². The van der Waals surface area contributed by atoms with Gasteiger partial charge in [0.2, 0.25) is 5.91 Å². The van der Waals surface area contributed by atoms with Gasteiger partial charge in [-0.1, -0.05) is 34.1 Å². The number of rotatable bonds is 1. The van der Waals surface area contributed by atoms with Gasteiger partial charge in [-0.05, 0) is 24.5 Å². The summed E-state index contributed by atoms with van der Waals surface area (Å²) in [6.45, 7) is 0.849. The highest BCUT2D eigenvalue weighted by Crippen LogP contribution is 2.26. The maximum Gasteiger partial charge on any atom is 0.237 e. The normalized spacial score (nSPS) is 15.1. The largest absolute Gasteiger partial charge is 0.311 e. The number of halogens is 1. The number of hydrogen-bond donors (Lipinski definition) is 0. The van der Waals surface area contributed by atoms with Crippen LogP contribution in [0.2, 0.25) is 0 Å². The smallest absolute Gasteiger partial charge is 0.237 e. The van der Waals surface area contributed by atoms with Crippen molar-refractivity contribution < 1.29 is 4.79 Å². The average molecular weight is 254 g/mol. The number of aryl methyl sites for hydroxylation is 1. The summed E-state index contributed by atoms with van der Waals surface area (Å²) in [5.74, 6) is 0.150. The Morgan fingerprint density at radius 2 is 2.21 bits per heavy atom. The lowest BCUT2D eigenvalue weighted by molar-refractivity contribution is -0.116. The van der Waals surface area contributed by atoms with Gasteiger partial charge in [0.25, 0.3) is 0 Å². The van der Waals surface area contributed by atoms with E-state index in [1.165, 1.54) is 5.56 Å². The molecule has 0 radical (unpaired) electrons. The summed E-state index contributed by atoms with van der Waals surface area (Å²) in [4.78, 5) is 13.5. The van der Waals surface area contributed by atoms with Crippen LogP contribution in [-0.2, 0) is 11.2 Å². The molecule has 1 aromatic rings. The second kappa shape index (κ2) is 4.13. The number of carbonyl (C=O) groups excluding carboxylic acids is 1. The zero-order chi connectivity index (χ0) is 9.97. The molecule has 0 saturated heterocycles. The Bertz CT molecular complexity index is 351. The van der Waals surface area contributed by atoms with Crippen LogP contribution in [0.15, 0.2) is 24.3 Å². The molecule has 0 bridgehead atoms. The van der Waals surface area contributed by atoms with Crippen LogP contribution in [-0.4, -0.2) is 17.8 Å². The number of para-hydroxylation sites is 1. The molecule has 0 spiro atoms. The van der Waals surface area contributed by atoms with E-state index in [2.05, 4.69) is 22.0 Å². The quantitative estimate of drug-likeness (QED) is 0.704. The molecule has 0 atom stereocenters. The first-order valence-electron chi connectivity index (χ1n) is 4.77. The van der Waals surface area contributed by atoms with Gasteiger partial charge in [0.15, 0.2) is 0 Å². The van der Waals surface area contributed by atoms with E-state index in [4.69, 9.17) is 0 Å². The van der Waals surface area contributed by atoms with Crippen molar-refractivity contribution in [3.63, 3.8) is 0 Å². The van der Waals surface area contributed by atoms with E-state index in [1.807, 2.05) is 23.1 Å². The van der Waals surface area contributed by atoms with Gasteiger partial charge in [-0.25, -0.2) is 0 Å². The summed E-state index contributed by atoms with van der Waals surface area (Å²) in [7, 11) is 0. The van der Waals surface area contributed by atoms with Crippen molar-refractivity contribution in [1.82, 2.24) is 0 Å².